The summed E-state index contributed by atoms with van der Waals surface area (Å²) in [6, 6.07) is 14.2. The monoisotopic (exact) mass is 308 g/mol. The predicted octanol–water partition coefficient (Wildman–Crippen LogP) is 2.42. The Hall–Kier alpha value is -2.37. The van der Waals surface area contributed by atoms with Crippen molar-refractivity contribution < 1.29 is 4.74 Å². The number of morpholine rings is 1. The van der Waals surface area contributed by atoms with Crippen molar-refractivity contribution in [1.29, 1.82) is 0 Å². The lowest BCUT2D eigenvalue weighted by Gasteiger charge is -2.26. The number of nitrogens with two attached hydrogens (primary N) is 1. The lowest BCUT2D eigenvalue weighted by Crippen LogP contribution is -2.36. The van der Waals surface area contributed by atoms with Crippen molar-refractivity contribution >= 4 is 11.3 Å². The molecule has 1 saturated heterocycles. The molecule has 3 heterocycles. The molecule has 5 nitrogen and oxygen atoms in total. The molecule has 0 unspecified atom stereocenters. The van der Waals surface area contributed by atoms with Crippen LogP contribution in [0.5, 0.6) is 0 Å². The highest BCUT2D eigenvalue weighted by molar-refractivity contribution is 5.67. The highest BCUT2D eigenvalue weighted by Gasteiger charge is 2.18. The number of fused-ring (bicyclic) bond motifs is 1. The zero-order valence-corrected chi connectivity index (χ0v) is 13.0. The summed E-state index contributed by atoms with van der Waals surface area (Å²) >= 11 is 0. The predicted molar refractivity (Wildman–Crippen MR) is 91.1 cm³/mol. The molecule has 5 heteroatoms. The first-order valence-electron chi connectivity index (χ1n) is 7.93. The first kappa shape index (κ1) is 14.2. The summed E-state index contributed by atoms with van der Waals surface area (Å²) in [5.74, 6) is 0. The zero-order valence-electron chi connectivity index (χ0n) is 13.0. The first-order chi connectivity index (χ1) is 11.3. The highest BCUT2D eigenvalue weighted by atomic mass is 16.5. The molecule has 3 aromatic rings. The molecule has 1 aliphatic rings. The fourth-order valence-electron chi connectivity index (χ4n) is 3.06. The quantitative estimate of drug-likeness (QED) is 0.807. The number of hydrogen-bond donors (Lipinski definition) is 1. The highest BCUT2D eigenvalue weighted by Crippen LogP contribution is 2.26. The lowest BCUT2D eigenvalue weighted by molar-refractivity contribution is 0.0336. The minimum Gasteiger partial charge on any atom is -0.398 e. The molecule has 0 spiro atoms. The van der Waals surface area contributed by atoms with Crippen molar-refractivity contribution in [3.63, 3.8) is 0 Å². The van der Waals surface area contributed by atoms with E-state index in [0.29, 0.717) is 0 Å². The number of nitrogen functional groups attached to an aromatic ring is 1. The Morgan fingerprint density at radius 1 is 1.04 bits per heavy atom. The van der Waals surface area contributed by atoms with Crippen molar-refractivity contribution in [3.05, 3.63) is 54.4 Å². The molecule has 118 valence electrons. The minimum atomic E-state index is 0.748. The maximum Gasteiger partial charge on any atom is 0.137 e. The topological polar surface area (TPSA) is 55.8 Å². The van der Waals surface area contributed by atoms with Gasteiger partial charge in [0.25, 0.3) is 0 Å². The van der Waals surface area contributed by atoms with Crippen LogP contribution in [0, 0.1) is 0 Å². The van der Waals surface area contributed by atoms with Crippen LogP contribution in [0.2, 0.25) is 0 Å². The summed E-state index contributed by atoms with van der Waals surface area (Å²) < 4.78 is 7.57. The normalized spacial score (nSPS) is 16.0. The van der Waals surface area contributed by atoms with E-state index in [-0.39, 0.29) is 0 Å². The summed E-state index contributed by atoms with van der Waals surface area (Å²) in [7, 11) is 0. The number of ether oxygens (including phenoxy) is 1. The molecular formula is C18H20N4O. The first-order valence-corrected chi connectivity index (χ1v) is 7.93. The van der Waals surface area contributed by atoms with Crippen LogP contribution >= 0.6 is 0 Å². The van der Waals surface area contributed by atoms with E-state index >= 15 is 0 Å². The van der Waals surface area contributed by atoms with Gasteiger partial charge in [-0.25, -0.2) is 4.98 Å². The molecule has 23 heavy (non-hydrogen) atoms. The van der Waals surface area contributed by atoms with Gasteiger partial charge in [0, 0.05) is 37.1 Å². The summed E-state index contributed by atoms with van der Waals surface area (Å²) in [4.78, 5) is 7.24. The second-order valence-corrected chi connectivity index (χ2v) is 5.85. The van der Waals surface area contributed by atoms with Crippen LogP contribution in [0.15, 0.2) is 48.7 Å². The number of anilines is 1. The van der Waals surface area contributed by atoms with Gasteiger partial charge in [-0.05, 0) is 12.1 Å². The Kier molecular flexibility index (Phi) is 3.73. The van der Waals surface area contributed by atoms with E-state index in [4.69, 9.17) is 15.5 Å². The molecule has 2 aromatic heterocycles. The summed E-state index contributed by atoms with van der Waals surface area (Å²) in [6.07, 6.45) is 1.96. The van der Waals surface area contributed by atoms with E-state index in [1.54, 1.807) is 0 Å². The molecule has 4 rings (SSSR count). The van der Waals surface area contributed by atoms with Crippen LogP contribution in [0.25, 0.3) is 16.9 Å². The van der Waals surface area contributed by atoms with Gasteiger partial charge < -0.3 is 14.9 Å². The van der Waals surface area contributed by atoms with Gasteiger partial charge in [0.05, 0.1) is 24.6 Å². The van der Waals surface area contributed by atoms with E-state index in [1.807, 2.05) is 36.5 Å². The van der Waals surface area contributed by atoms with Crippen LogP contribution < -0.4 is 5.73 Å². The van der Waals surface area contributed by atoms with Gasteiger partial charge in [-0.3, -0.25) is 4.90 Å². The Morgan fingerprint density at radius 2 is 1.83 bits per heavy atom. The molecule has 0 radical (unpaired) electrons. The zero-order chi connectivity index (χ0) is 15.6. The smallest absolute Gasteiger partial charge is 0.137 e. The van der Waals surface area contributed by atoms with Crippen molar-refractivity contribution in [2.24, 2.45) is 0 Å². The molecule has 2 N–H and O–H groups in total. The van der Waals surface area contributed by atoms with E-state index in [1.165, 1.54) is 5.69 Å². The summed E-state index contributed by atoms with van der Waals surface area (Å²) in [5.41, 5.74) is 11.0. The Morgan fingerprint density at radius 3 is 2.61 bits per heavy atom. The number of aromatic nitrogens is 2. The number of nitrogens with zero attached hydrogens (tertiary/aromatic N) is 3. The van der Waals surface area contributed by atoms with Gasteiger partial charge in [-0.15, -0.1) is 0 Å². The summed E-state index contributed by atoms with van der Waals surface area (Å²) in [6.45, 7) is 4.32. The van der Waals surface area contributed by atoms with Crippen LogP contribution in [0.3, 0.4) is 0 Å². The number of imidazole rings is 1. The number of rotatable bonds is 3. The maximum atomic E-state index is 5.99. The van der Waals surface area contributed by atoms with Gasteiger partial charge in [0.1, 0.15) is 5.65 Å². The Labute approximate surface area is 135 Å². The van der Waals surface area contributed by atoms with E-state index in [9.17, 15) is 0 Å². The minimum absolute atomic E-state index is 0.748. The largest absolute Gasteiger partial charge is 0.398 e. The van der Waals surface area contributed by atoms with Gasteiger partial charge in [-0.1, -0.05) is 30.3 Å². The SMILES string of the molecule is Nc1ccc2nc(-c3ccccc3)c(CN3CCOCC3)n2c1. The van der Waals surface area contributed by atoms with Crippen molar-refractivity contribution in [2.75, 3.05) is 32.0 Å². The standard InChI is InChI=1S/C18H20N4O/c19-15-6-7-17-20-18(14-4-2-1-3-5-14)16(22(17)12-15)13-21-8-10-23-11-9-21/h1-7,12H,8-11,13,19H2. The van der Waals surface area contributed by atoms with Gasteiger partial charge in [-0.2, -0.15) is 0 Å². The van der Waals surface area contributed by atoms with Crippen LogP contribution in [-0.4, -0.2) is 40.6 Å². The second kappa shape index (κ2) is 6.02. The third-order valence-electron chi connectivity index (χ3n) is 4.26. The van der Waals surface area contributed by atoms with Crippen LogP contribution in [0.4, 0.5) is 5.69 Å². The fraction of sp³-hybridized carbons (Fsp3) is 0.278. The Bertz CT molecular complexity index is 807. The van der Waals surface area contributed by atoms with Crippen molar-refractivity contribution in [2.45, 2.75) is 6.54 Å². The van der Waals surface area contributed by atoms with Gasteiger partial charge in [0.2, 0.25) is 0 Å². The molecule has 0 saturated carbocycles. The molecule has 0 aliphatic carbocycles. The van der Waals surface area contributed by atoms with Crippen LogP contribution in [0.1, 0.15) is 5.69 Å². The third kappa shape index (κ3) is 2.81. The molecule has 0 bridgehead atoms. The number of hydrogen-bond acceptors (Lipinski definition) is 4. The van der Waals surface area contributed by atoms with E-state index < -0.39 is 0 Å². The molecule has 0 amide bonds. The average molecular weight is 308 g/mol. The number of benzene rings is 1. The maximum absolute atomic E-state index is 5.99. The molecule has 1 fully saturated rings. The van der Waals surface area contributed by atoms with E-state index in [2.05, 4.69) is 21.4 Å². The number of pyridine rings is 1. The third-order valence-corrected chi connectivity index (χ3v) is 4.26. The summed E-state index contributed by atoms with van der Waals surface area (Å²) in [5, 5.41) is 0. The fourth-order valence-corrected chi connectivity index (χ4v) is 3.06. The average Bonchev–Trinajstić information content (AvgIpc) is 2.95. The van der Waals surface area contributed by atoms with Crippen LogP contribution in [-0.2, 0) is 11.3 Å². The molecule has 0 atom stereocenters. The van der Waals surface area contributed by atoms with Crippen molar-refractivity contribution in [3.8, 4) is 11.3 Å². The van der Waals surface area contributed by atoms with E-state index in [0.717, 1.165) is 55.4 Å². The van der Waals surface area contributed by atoms with Gasteiger partial charge >= 0.3 is 0 Å². The van der Waals surface area contributed by atoms with Gasteiger partial charge in [0.15, 0.2) is 0 Å². The lowest BCUT2D eigenvalue weighted by atomic mass is 10.1. The molecular weight excluding hydrogens is 288 g/mol. The van der Waals surface area contributed by atoms with Crippen molar-refractivity contribution in [1.82, 2.24) is 14.3 Å². The second-order valence-electron chi connectivity index (χ2n) is 5.85. The Balaban J connectivity index is 1.82. The molecule has 1 aromatic carbocycles. The molecule has 1 aliphatic heterocycles.